The van der Waals surface area contributed by atoms with Gasteiger partial charge >= 0.3 is 12.3 Å². The Morgan fingerprint density at radius 3 is 2.58 bits per heavy atom. The van der Waals surface area contributed by atoms with E-state index >= 15 is 0 Å². The Hall–Kier alpha value is -2.02. The number of primary amides is 1. The highest BCUT2D eigenvalue weighted by molar-refractivity contribution is 8.14. The number of nitrogens with zero attached hydrogens (tertiary/aromatic N) is 3. The summed E-state index contributed by atoms with van der Waals surface area (Å²) in [6.07, 6.45) is -4.80. The van der Waals surface area contributed by atoms with E-state index in [-0.39, 0.29) is 17.4 Å². The SMILES string of the molecule is CC(C)(C)OC(=O)CN1N=C(C(N)=O)C2NC(=NCOC(F)(F)F)SC21. The molecule has 0 spiro atoms. The number of nitrogens with one attached hydrogen (secondary N) is 1. The molecule has 1 fully saturated rings. The molecule has 2 aliphatic rings. The summed E-state index contributed by atoms with van der Waals surface area (Å²) in [7, 11) is 0. The molecule has 9 nitrogen and oxygen atoms in total. The second-order valence-electron chi connectivity index (χ2n) is 6.35. The summed E-state index contributed by atoms with van der Waals surface area (Å²) in [5.74, 6) is -1.38. The molecule has 2 rings (SSSR count). The van der Waals surface area contributed by atoms with Gasteiger partial charge in [0.15, 0.2) is 10.9 Å². The Morgan fingerprint density at radius 1 is 1.38 bits per heavy atom. The Bertz CT molecular complexity index is 647. The number of hydrazone groups is 1. The average Bonchev–Trinajstić information content (AvgIpc) is 2.95. The van der Waals surface area contributed by atoms with Crippen molar-refractivity contribution in [3.05, 3.63) is 0 Å². The molecule has 2 heterocycles. The molecule has 0 aromatic carbocycles. The van der Waals surface area contributed by atoms with Crippen LogP contribution in [0.3, 0.4) is 0 Å². The largest absolute Gasteiger partial charge is 0.524 e. The lowest BCUT2D eigenvalue weighted by atomic mass is 10.2. The first kappa shape index (κ1) is 20.3. The molecule has 26 heavy (non-hydrogen) atoms. The van der Waals surface area contributed by atoms with Crippen molar-refractivity contribution in [2.45, 2.75) is 44.2 Å². The summed E-state index contributed by atoms with van der Waals surface area (Å²) in [5.41, 5.74) is 4.53. The van der Waals surface area contributed by atoms with Crippen LogP contribution >= 0.6 is 11.8 Å². The third kappa shape index (κ3) is 5.49. The molecule has 146 valence electrons. The van der Waals surface area contributed by atoms with Gasteiger partial charge in [0, 0.05) is 0 Å². The summed E-state index contributed by atoms with van der Waals surface area (Å²) in [5, 5.41) is 7.62. The fourth-order valence-electron chi connectivity index (χ4n) is 2.20. The average molecular weight is 397 g/mol. The van der Waals surface area contributed by atoms with Crippen LogP contribution in [0.25, 0.3) is 0 Å². The molecule has 0 bridgehead atoms. The lowest BCUT2D eigenvalue weighted by Crippen LogP contribution is -2.44. The molecule has 2 aliphatic heterocycles. The fraction of sp³-hybridized carbons (Fsp3) is 0.692. The number of alkyl halides is 3. The highest BCUT2D eigenvalue weighted by Gasteiger charge is 2.47. The van der Waals surface area contributed by atoms with Gasteiger partial charge in [-0.15, -0.1) is 13.2 Å². The summed E-state index contributed by atoms with van der Waals surface area (Å²) < 4.78 is 44.8. The van der Waals surface area contributed by atoms with E-state index in [0.717, 1.165) is 11.8 Å². The highest BCUT2D eigenvalue weighted by atomic mass is 32.2. The van der Waals surface area contributed by atoms with Gasteiger partial charge in [-0.3, -0.25) is 19.3 Å². The van der Waals surface area contributed by atoms with Crippen molar-refractivity contribution in [1.82, 2.24) is 10.3 Å². The van der Waals surface area contributed by atoms with Gasteiger partial charge < -0.3 is 15.8 Å². The number of fused-ring (bicyclic) bond motifs is 1. The molecule has 0 aromatic rings. The zero-order valence-electron chi connectivity index (χ0n) is 14.2. The van der Waals surface area contributed by atoms with Crippen molar-refractivity contribution in [3.8, 4) is 0 Å². The number of hydrogen-bond donors (Lipinski definition) is 2. The minimum atomic E-state index is -4.80. The minimum absolute atomic E-state index is 0.0481. The number of ether oxygens (including phenoxy) is 2. The Kier molecular flexibility index (Phi) is 5.70. The van der Waals surface area contributed by atoms with Crippen LogP contribution in [0.4, 0.5) is 13.2 Å². The summed E-state index contributed by atoms with van der Waals surface area (Å²) >= 11 is 1.01. The van der Waals surface area contributed by atoms with Gasteiger partial charge in [0.1, 0.15) is 30.3 Å². The topological polar surface area (TPSA) is 119 Å². The number of hydrogen-bond acceptors (Lipinski definition) is 8. The molecular weight excluding hydrogens is 379 g/mol. The van der Waals surface area contributed by atoms with Crippen LogP contribution in [0.1, 0.15) is 20.8 Å². The number of carbonyl (C=O) groups is 2. The molecule has 3 N–H and O–H groups in total. The third-order valence-electron chi connectivity index (χ3n) is 3.02. The van der Waals surface area contributed by atoms with Crippen LogP contribution in [0.5, 0.6) is 0 Å². The van der Waals surface area contributed by atoms with Crippen LogP contribution in [-0.2, 0) is 19.1 Å². The number of carbonyl (C=O) groups excluding carboxylic acids is 2. The van der Waals surface area contributed by atoms with Gasteiger partial charge in [-0.25, -0.2) is 4.99 Å². The summed E-state index contributed by atoms with van der Waals surface area (Å²) in [4.78, 5) is 27.2. The van der Waals surface area contributed by atoms with E-state index in [1.54, 1.807) is 20.8 Å². The lowest BCUT2D eigenvalue weighted by molar-refractivity contribution is -0.323. The number of nitrogens with two attached hydrogens (primary N) is 1. The van der Waals surface area contributed by atoms with E-state index in [1.807, 2.05) is 0 Å². The van der Waals surface area contributed by atoms with E-state index < -0.39 is 42.0 Å². The van der Waals surface area contributed by atoms with Gasteiger partial charge in [0.25, 0.3) is 5.91 Å². The smallest absolute Gasteiger partial charge is 0.459 e. The quantitative estimate of drug-likeness (QED) is 0.643. The Balaban J connectivity index is 2.06. The van der Waals surface area contributed by atoms with Crippen LogP contribution in [-0.4, -0.2) is 64.4 Å². The number of amidine groups is 1. The first-order chi connectivity index (χ1) is 11.9. The fourth-order valence-corrected chi connectivity index (χ4v) is 3.32. The van der Waals surface area contributed by atoms with E-state index in [2.05, 4.69) is 20.1 Å². The number of aliphatic imine (C=N–C) groups is 1. The third-order valence-corrected chi connectivity index (χ3v) is 4.25. The van der Waals surface area contributed by atoms with Crippen molar-refractivity contribution in [2.24, 2.45) is 15.8 Å². The molecule has 0 radical (unpaired) electrons. The second-order valence-corrected chi connectivity index (χ2v) is 7.45. The van der Waals surface area contributed by atoms with Crippen molar-refractivity contribution >= 4 is 34.5 Å². The monoisotopic (exact) mass is 397 g/mol. The molecule has 13 heteroatoms. The zero-order valence-corrected chi connectivity index (χ0v) is 15.0. The van der Waals surface area contributed by atoms with Crippen molar-refractivity contribution in [2.75, 3.05) is 13.3 Å². The van der Waals surface area contributed by atoms with E-state index in [0.29, 0.717) is 0 Å². The van der Waals surface area contributed by atoms with Crippen molar-refractivity contribution in [3.63, 3.8) is 0 Å². The molecule has 1 amide bonds. The predicted octanol–water partition coefficient (Wildman–Crippen LogP) is 0.366. The molecule has 2 atom stereocenters. The molecule has 2 unspecified atom stereocenters. The number of thioether (sulfide) groups is 1. The van der Waals surface area contributed by atoms with Crippen LogP contribution in [0.15, 0.2) is 10.1 Å². The maximum atomic E-state index is 12.0. The highest BCUT2D eigenvalue weighted by Crippen LogP contribution is 2.32. The molecular formula is C13H18F3N5O4S. The van der Waals surface area contributed by atoms with Crippen molar-refractivity contribution < 1.29 is 32.2 Å². The molecule has 0 saturated carbocycles. The van der Waals surface area contributed by atoms with Crippen LogP contribution < -0.4 is 11.1 Å². The lowest BCUT2D eigenvalue weighted by Gasteiger charge is -2.24. The molecule has 0 aromatic heterocycles. The molecule has 0 aliphatic carbocycles. The second kappa shape index (κ2) is 7.31. The maximum absolute atomic E-state index is 12.0. The zero-order chi connectivity index (χ0) is 19.7. The maximum Gasteiger partial charge on any atom is 0.524 e. The van der Waals surface area contributed by atoms with Gasteiger partial charge in [-0.1, -0.05) is 11.8 Å². The Morgan fingerprint density at radius 2 is 2.04 bits per heavy atom. The number of rotatable bonds is 5. The predicted molar refractivity (Wildman–Crippen MR) is 86.9 cm³/mol. The van der Waals surface area contributed by atoms with E-state index in [1.165, 1.54) is 5.01 Å². The summed E-state index contributed by atoms with van der Waals surface area (Å²) in [6.45, 7) is 3.91. The molecule has 1 saturated heterocycles. The van der Waals surface area contributed by atoms with Crippen LogP contribution in [0, 0.1) is 0 Å². The number of amides is 1. The normalized spacial score (nSPS) is 24.3. The first-order valence-corrected chi connectivity index (χ1v) is 8.29. The number of halogens is 3. The standard InChI is InChI=1S/C13H18F3N5O4S/c1-12(2,3)25-6(22)4-21-10-8(7(20-21)9(17)23)19-11(26-10)18-5-24-13(14,15)16/h8,10H,4-5H2,1-3H3,(H2,17,23)(H,18,19). The van der Waals surface area contributed by atoms with Gasteiger partial charge in [-0.05, 0) is 20.8 Å². The minimum Gasteiger partial charge on any atom is -0.459 e. The van der Waals surface area contributed by atoms with Gasteiger partial charge in [0.05, 0.1) is 0 Å². The van der Waals surface area contributed by atoms with E-state index in [4.69, 9.17) is 10.5 Å². The number of esters is 1. The van der Waals surface area contributed by atoms with Crippen molar-refractivity contribution in [1.29, 1.82) is 0 Å². The van der Waals surface area contributed by atoms with Gasteiger partial charge in [-0.2, -0.15) is 5.10 Å². The van der Waals surface area contributed by atoms with E-state index in [9.17, 15) is 22.8 Å². The Labute approximate surface area is 151 Å². The summed E-state index contributed by atoms with van der Waals surface area (Å²) in [6, 6.07) is -0.704. The van der Waals surface area contributed by atoms with Gasteiger partial charge in [0.2, 0.25) is 0 Å². The first-order valence-electron chi connectivity index (χ1n) is 7.41. The van der Waals surface area contributed by atoms with Crippen LogP contribution in [0.2, 0.25) is 0 Å².